The number of nitrogens with one attached hydrogen (secondary N) is 2. The van der Waals surface area contributed by atoms with Crippen molar-refractivity contribution in [1.29, 1.82) is 0 Å². The zero-order valence-electron chi connectivity index (χ0n) is 23.9. The third-order valence-corrected chi connectivity index (χ3v) is 6.85. The zero-order valence-corrected chi connectivity index (χ0v) is 23.9. The van der Waals surface area contributed by atoms with Gasteiger partial charge in [-0.15, -0.1) is 0 Å². The van der Waals surface area contributed by atoms with Crippen molar-refractivity contribution in [1.82, 2.24) is 24.8 Å². The highest BCUT2D eigenvalue weighted by molar-refractivity contribution is 5.82. The average molecular weight is 574 g/mol. The molecule has 2 aromatic heterocycles. The van der Waals surface area contributed by atoms with Gasteiger partial charge < -0.3 is 33.7 Å². The zero-order chi connectivity index (χ0) is 29.8. The minimum atomic E-state index is -0.313. The fraction of sp³-hybridized carbons (Fsp3) is 0.267. The Balaban J connectivity index is 1.55. The van der Waals surface area contributed by atoms with Gasteiger partial charge in [-0.25, -0.2) is 9.97 Å². The van der Waals surface area contributed by atoms with Crippen molar-refractivity contribution in [2.45, 2.75) is 19.6 Å². The number of aromatic nitrogens is 4. The van der Waals surface area contributed by atoms with Crippen molar-refractivity contribution in [3.63, 3.8) is 0 Å². The molecule has 0 saturated heterocycles. The van der Waals surface area contributed by atoms with Crippen molar-refractivity contribution in [2.24, 2.45) is 0 Å². The van der Waals surface area contributed by atoms with Crippen LogP contribution in [0.15, 0.2) is 58.1 Å². The Morgan fingerprint density at radius 2 is 1.02 bits per heavy atom. The maximum atomic E-state index is 13.1. The summed E-state index contributed by atoms with van der Waals surface area (Å²) in [6.45, 7) is 0.863. The number of hydrogen-bond acceptors (Lipinski definition) is 10. The largest absolute Gasteiger partial charge is 0.496 e. The number of benzene rings is 3. The van der Waals surface area contributed by atoms with Crippen LogP contribution in [0.3, 0.4) is 0 Å². The molecule has 2 heterocycles. The number of para-hydroxylation sites is 1. The van der Waals surface area contributed by atoms with Gasteiger partial charge in [0.2, 0.25) is 0 Å². The van der Waals surface area contributed by atoms with E-state index < -0.39 is 0 Å². The Morgan fingerprint density at radius 1 is 0.595 bits per heavy atom. The second-order valence-electron chi connectivity index (χ2n) is 9.43. The van der Waals surface area contributed by atoms with Crippen LogP contribution in [-0.2, 0) is 19.6 Å². The summed E-state index contributed by atoms with van der Waals surface area (Å²) in [4.78, 5) is 43.3. The van der Waals surface area contributed by atoms with Crippen molar-refractivity contribution in [3.8, 4) is 28.7 Å². The van der Waals surface area contributed by atoms with Crippen molar-refractivity contribution < 1.29 is 23.7 Å². The molecular formula is C30H31N5O7. The number of methoxy groups -OCH3 is 5. The molecule has 5 aromatic rings. The molecule has 0 spiro atoms. The minimum absolute atomic E-state index is 0.227. The molecule has 0 saturated carbocycles. The molecule has 2 N–H and O–H groups in total. The van der Waals surface area contributed by atoms with E-state index in [0.717, 1.165) is 5.56 Å². The van der Waals surface area contributed by atoms with Crippen molar-refractivity contribution >= 4 is 21.8 Å². The molecule has 0 fully saturated rings. The Morgan fingerprint density at radius 3 is 1.48 bits per heavy atom. The quantitative estimate of drug-likeness (QED) is 0.242. The molecule has 0 atom stereocenters. The van der Waals surface area contributed by atoms with E-state index in [4.69, 9.17) is 33.7 Å². The topological polar surface area (TPSA) is 141 Å². The summed E-state index contributed by atoms with van der Waals surface area (Å²) in [6.07, 6.45) is 0. The van der Waals surface area contributed by atoms with Crippen LogP contribution in [0.2, 0.25) is 0 Å². The van der Waals surface area contributed by atoms with Crippen LogP contribution in [0.4, 0.5) is 0 Å². The summed E-state index contributed by atoms with van der Waals surface area (Å²) in [5.41, 5.74) is 1.20. The molecular weight excluding hydrogens is 542 g/mol. The summed E-state index contributed by atoms with van der Waals surface area (Å²) in [6, 6.07) is 14.2. The van der Waals surface area contributed by atoms with E-state index in [9.17, 15) is 9.59 Å². The van der Waals surface area contributed by atoms with Crippen LogP contribution >= 0.6 is 0 Å². The number of nitrogens with zero attached hydrogens (tertiary/aromatic N) is 3. The number of fused-ring (bicyclic) bond motifs is 2. The van der Waals surface area contributed by atoms with Crippen LogP contribution in [0.25, 0.3) is 21.8 Å². The first-order valence-corrected chi connectivity index (χ1v) is 13.0. The molecule has 3 aromatic carbocycles. The molecule has 0 aliphatic carbocycles. The number of rotatable bonds is 11. The third kappa shape index (κ3) is 5.70. The predicted molar refractivity (Wildman–Crippen MR) is 157 cm³/mol. The van der Waals surface area contributed by atoms with E-state index in [2.05, 4.69) is 9.97 Å². The van der Waals surface area contributed by atoms with Gasteiger partial charge in [0, 0.05) is 24.2 Å². The van der Waals surface area contributed by atoms with Crippen molar-refractivity contribution in [2.75, 3.05) is 35.5 Å². The summed E-state index contributed by atoms with van der Waals surface area (Å²) in [7, 11) is 7.67. The fourth-order valence-corrected chi connectivity index (χ4v) is 4.84. The van der Waals surface area contributed by atoms with E-state index in [1.165, 1.54) is 28.4 Å². The molecule has 218 valence electrons. The molecule has 0 radical (unpaired) electrons. The molecule has 0 unspecified atom stereocenters. The SMILES string of the molecule is COc1ccccc1CN(Cc1nc2cc(OC)c(OC)cc2c(=O)[nH]1)Cc1nc2cc(OC)c(OC)cc2c(=O)[nH]1. The molecule has 0 aliphatic rings. The Kier molecular flexibility index (Phi) is 8.25. The van der Waals surface area contributed by atoms with Crippen LogP contribution < -0.4 is 34.8 Å². The first kappa shape index (κ1) is 28.4. The Hall–Kier alpha value is -5.10. The lowest BCUT2D eigenvalue weighted by atomic mass is 10.1. The highest BCUT2D eigenvalue weighted by atomic mass is 16.5. The van der Waals surface area contributed by atoms with E-state index in [-0.39, 0.29) is 24.2 Å². The van der Waals surface area contributed by atoms with Crippen LogP contribution in [-0.4, -0.2) is 60.4 Å². The summed E-state index contributed by atoms with van der Waals surface area (Å²) in [5.74, 6) is 3.34. The minimum Gasteiger partial charge on any atom is -0.496 e. The number of H-pyrrole nitrogens is 2. The molecule has 0 amide bonds. The summed E-state index contributed by atoms with van der Waals surface area (Å²) >= 11 is 0. The lowest BCUT2D eigenvalue weighted by Crippen LogP contribution is -2.27. The van der Waals surface area contributed by atoms with Crippen LogP contribution in [0.5, 0.6) is 28.7 Å². The van der Waals surface area contributed by atoms with E-state index in [1.54, 1.807) is 31.4 Å². The Labute approximate surface area is 240 Å². The first-order valence-electron chi connectivity index (χ1n) is 13.0. The second-order valence-corrected chi connectivity index (χ2v) is 9.43. The second kappa shape index (κ2) is 12.2. The molecule has 12 nitrogen and oxygen atoms in total. The first-order chi connectivity index (χ1) is 20.4. The smallest absolute Gasteiger partial charge is 0.258 e. The molecule has 12 heteroatoms. The van der Waals surface area contributed by atoms with Gasteiger partial charge in [0.25, 0.3) is 11.1 Å². The highest BCUT2D eigenvalue weighted by Crippen LogP contribution is 2.31. The molecule has 0 bridgehead atoms. The van der Waals surface area contributed by atoms with Gasteiger partial charge in [0.1, 0.15) is 17.4 Å². The lowest BCUT2D eigenvalue weighted by Gasteiger charge is -2.23. The maximum Gasteiger partial charge on any atom is 0.258 e. The third-order valence-electron chi connectivity index (χ3n) is 6.85. The Bertz CT molecular complexity index is 1760. The number of hydrogen-bond donors (Lipinski definition) is 2. The van der Waals surface area contributed by atoms with Gasteiger partial charge in [-0.2, -0.15) is 0 Å². The fourth-order valence-electron chi connectivity index (χ4n) is 4.84. The average Bonchev–Trinajstić information content (AvgIpc) is 3.00. The van der Waals surface area contributed by atoms with Gasteiger partial charge in [-0.1, -0.05) is 18.2 Å². The molecule has 42 heavy (non-hydrogen) atoms. The summed E-state index contributed by atoms with van der Waals surface area (Å²) in [5, 5.41) is 0.746. The van der Waals surface area contributed by atoms with E-state index in [1.807, 2.05) is 29.2 Å². The van der Waals surface area contributed by atoms with Crippen LogP contribution in [0.1, 0.15) is 17.2 Å². The van der Waals surface area contributed by atoms with E-state index >= 15 is 0 Å². The molecule has 0 aliphatic heterocycles. The van der Waals surface area contributed by atoms with Gasteiger partial charge in [0.05, 0.1) is 70.4 Å². The van der Waals surface area contributed by atoms with Crippen LogP contribution in [0, 0.1) is 0 Å². The highest BCUT2D eigenvalue weighted by Gasteiger charge is 2.18. The van der Waals surface area contributed by atoms with Gasteiger partial charge in [-0.3, -0.25) is 14.5 Å². The molecule has 5 rings (SSSR count). The summed E-state index contributed by atoms with van der Waals surface area (Å²) < 4.78 is 27.1. The standard InChI is InChI=1S/C30H31N5O7/c1-38-22-9-7-6-8-17(22)14-35(15-27-31-20-12-25(41-4)23(39-2)10-18(20)29(36)33-27)16-28-32-21-13-26(42-5)24(40-3)11-19(21)30(37)34-28/h6-13H,14-16H2,1-5H3,(H,31,33,36)(H,32,34,37). The lowest BCUT2D eigenvalue weighted by molar-refractivity contribution is 0.231. The monoisotopic (exact) mass is 573 g/mol. The number of ether oxygens (including phenoxy) is 5. The number of aromatic amines is 2. The van der Waals surface area contributed by atoms with Gasteiger partial charge in [0.15, 0.2) is 23.0 Å². The predicted octanol–water partition coefficient (Wildman–Crippen LogP) is 3.41. The van der Waals surface area contributed by atoms with Gasteiger partial charge in [-0.05, 0) is 18.2 Å². The van der Waals surface area contributed by atoms with Gasteiger partial charge >= 0.3 is 0 Å². The van der Waals surface area contributed by atoms with Crippen molar-refractivity contribution in [3.05, 3.63) is 86.5 Å². The maximum absolute atomic E-state index is 13.1. The normalized spacial score (nSPS) is 11.2. The van der Waals surface area contributed by atoms with E-state index in [0.29, 0.717) is 68.7 Å².